The number of hydrogen-bond donors (Lipinski definition) is 0. The van der Waals surface area contributed by atoms with E-state index in [4.69, 9.17) is 9.47 Å². The number of carbonyl (C=O) groups excluding carboxylic acids is 1. The van der Waals surface area contributed by atoms with Gasteiger partial charge in [0, 0.05) is 42.2 Å². The van der Waals surface area contributed by atoms with Gasteiger partial charge in [-0.25, -0.2) is 0 Å². The lowest BCUT2D eigenvalue weighted by molar-refractivity contribution is -0.135. The Morgan fingerprint density at radius 2 is 1.97 bits per heavy atom. The molecular formula is C25H28N3O3PS. The molecule has 3 rings (SSSR count). The molecule has 1 amide bonds. The van der Waals surface area contributed by atoms with E-state index in [0.717, 1.165) is 22.4 Å². The number of benzene rings is 2. The lowest BCUT2D eigenvalue weighted by Crippen LogP contribution is -2.45. The van der Waals surface area contributed by atoms with Crippen molar-refractivity contribution in [2.45, 2.75) is 31.1 Å². The van der Waals surface area contributed by atoms with E-state index in [2.05, 4.69) is 21.4 Å². The number of thioether (sulfide) groups is 1. The van der Waals surface area contributed by atoms with Gasteiger partial charge in [-0.05, 0) is 29.8 Å². The van der Waals surface area contributed by atoms with Crippen molar-refractivity contribution in [3.05, 3.63) is 48.0 Å². The normalized spacial score (nSPS) is 15.7. The van der Waals surface area contributed by atoms with Crippen molar-refractivity contribution in [3.8, 4) is 34.8 Å². The Balaban J connectivity index is 1.69. The lowest BCUT2D eigenvalue weighted by Gasteiger charge is -2.34. The van der Waals surface area contributed by atoms with E-state index in [9.17, 15) is 15.3 Å². The highest BCUT2D eigenvalue weighted by Crippen LogP contribution is 2.34. The van der Waals surface area contributed by atoms with Gasteiger partial charge < -0.3 is 14.4 Å². The van der Waals surface area contributed by atoms with Crippen LogP contribution in [0, 0.1) is 28.6 Å². The topological polar surface area (TPSA) is 86.3 Å². The molecule has 1 aliphatic heterocycles. The molecule has 0 aromatic heterocycles. The fraction of sp³-hybridized carbons (Fsp3) is 0.400. The average molecular weight is 482 g/mol. The second-order valence-electron chi connectivity index (χ2n) is 7.85. The summed E-state index contributed by atoms with van der Waals surface area (Å²) in [6.07, 6.45) is 1.29. The number of likely N-dealkylation sites (tertiary alicyclic amines) is 1. The third kappa shape index (κ3) is 6.20. The van der Waals surface area contributed by atoms with Crippen LogP contribution in [0.25, 0.3) is 11.1 Å². The molecule has 3 atom stereocenters. The predicted molar refractivity (Wildman–Crippen MR) is 134 cm³/mol. The minimum absolute atomic E-state index is 0.0453. The first-order valence-electron chi connectivity index (χ1n) is 10.9. The number of amides is 1. The minimum Gasteiger partial charge on any atom is -0.496 e. The second kappa shape index (κ2) is 11.9. The Bertz CT molecular complexity index is 1060. The van der Waals surface area contributed by atoms with Gasteiger partial charge in [-0.3, -0.25) is 4.79 Å². The zero-order valence-corrected chi connectivity index (χ0v) is 20.8. The van der Waals surface area contributed by atoms with Crippen LogP contribution in [0.15, 0.2) is 42.5 Å². The Labute approximate surface area is 202 Å². The quantitative estimate of drug-likeness (QED) is 0.508. The van der Waals surface area contributed by atoms with E-state index in [1.807, 2.05) is 43.3 Å². The summed E-state index contributed by atoms with van der Waals surface area (Å²) >= 11 is 1.60. The molecule has 0 spiro atoms. The number of para-hydroxylation sites is 1. The van der Waals surface area contributed by atoms with Crippen molar-refractivity contribution in [1.29, 1.82) is 10.5 Å². The van der Waals surface area contributed by atoms with Crippen LogP contribution in [0.2, 0.25) is 0 Å². The van der Waals surface area contributed by atoms with Gasteiger partial charge in [0.1, 0.15) is 23.5 Å². The lowest BCUT2D eigenvalue weighted by atomic mass is 10.0. The Kier molecular flexibility index (Phi) is 9.01. The first kappa shape index (κ1) is 24.9. The summed E-state index contributed by atoms with van der Waals surface area (Å²) in [4.78, 5) is 14.6. The van der Waals surface area contributed by atoms with Gasteiger partial charge in [-0.1, -0.05) is 25.1 Å². The molecule has 0 saturated carbocycles. The van der Waals surface area contributed by atoms with Crippen LogP contribution in [0.1, 0.15) is 25.3 Å². The summed E-state index contributed by atoms with van der Waals surface area (Å²) in [6.45, 7) is 3.03. The zero-order chi connectivity index (χ0) is 23.8. The monoisotopic (exact) mass is 481 g/mol. The van der Waals surface area contributed by atoms with Gasteiger partial charge in [0.2, 0.25) is 5.91 Å². The van der Waals surface area contributed by atoms with E-state index >= 15 is 0 Å². The maximum absolute atomic E-state index is 12.9. The predicted octanol–water partition coefficient (Wildman–Crippen LogP) is 4.70. The van der Waals surface area contributed by atoms with Gasteiger partial charge in [-0.15, -0.1) is 9.24 Å². The van der Waals surface area contributed by atoms with E-state index in [-0.39, 0.29) is 17.3 Å². The highest BCUT2D eigenvalue weighted by Gasteiger charge is 2.32. The van der Waals surface area contributed by atoms with E-state index in [1.54, 1.807) is 29.8 Å². The molecule has 0 aliphatic carbocycles. The second-order valence-corrected chi connectivity index (χ2v) is 10.3. The number of piperidine rings is 1. The largest absolute Gasteiger partial charge is 0.496 e. The number of rotatable bonds is 8. The third-order valence-electron chi connectivity index (χ3n) is 5.74. The summed E-state index contributed by atoms with van der Waals surface area (Å²) < 4.78 is 11.7. The summed E-state index contributed by atoms with van der Waals surface area (Å²) in [6, 6.07) is 17.5. The molecule has 0 bridgehead atoms. The van der Waals surface area contributed by atoms with Crippen LogP contribution in [0.3, 0.4) is 0 Å². The van der Waals surface area contributed by atoms with E-state index in [0.29, 0.717) is 37.2 Å². The summed E-state index contributed by atoms with van der Waals surface area (Å²) in [5, 5.41) is 19.0. The molecule has 6 nitrogen and oxygen atoms in total. The number of nitriles is 2. The smallest absolute Gasteiger partial charge is 0.241 e. The summed E-state index contributed by atoms with van der Waals surface area (Å²) in [7, 11) is 4.24. The van der Waals surface area contributed by atoms with Crippen LogP contribution < -0.4 is 9.47 Å². The average Bonchev–Trinajstić information content (AvgIpc) is 2.84. The van der Waals surface area contributed by atoms with Crippen LogP contribution in [0.4, 0.5) is 0 Å². The maximum atomic E-state index is 12.9. The molecule has 8 heteroatoms. The first-order valence-corrected chi connectivity index (χ1v) is 12.7. The van der Waals surface area contributed by atoms with E-state index < -0.39 is 5.92 Å². The molecular weight excluding hydrogens is 453 g/mol. The van der Waals surface area contributed by atoms with Crippen molar-refractivity contribution in [2.75, 3.05) is 25.7 Å². The molecule has 33 heavy (non-hydrogen) atoms. The van der Waals surface area contributed by atoms with Gasteiger partial charge in [0.15, 0.2) is 0 Å². The van der Waals surface area contributed by atoms with E-state index in [1.165, 1.54) is 0 Å². The Hall–Kier alpha value is -2.73. The van der Waals surface area contributed by atoms with Crippen LogP contribution in [0.5, 0.6) is 11.5 Å². The maximum Gasteiger partial charge on any atom is 0.241 e. The number of methoxy groups -OCH3 is 1. The van der Waals surface area contributed by atoms with Gasteiger partial charge in [-0.2, -0.15) is 22.3 Å². The number of hydrogen-bond acceptors (Lipinski definition) is 6. The van der Waals surface area contributed by atoms with Gasteiger partial charge in [0.25, 0.3) is 0 Å². The Morgan fingerprint density at radius 1 is 1.24 bits per heavy atom. The molecule has 1 fully saturated rings. The number of ether oxygens (including phenoxy) is 2. The number of carbonyl (C=O) groups is 1. The Morgan fingerprint density at radius 3 is 2.61 bits per heavy atom. The SMILES string of the molecule is COc1ccccc1-c1cc(C#N)cc(OC2CCN(C(=O)C(C#N)C(C)SCP)CC2)c1. The van der Waals surface area contributed by atoms with Crippen molar-refractivity contribution in [3.63, 3.8) is 0 Å². The highest BCUT2D eigenvalue weighted by molar-refractivity contribution is 8.02. The molecule has 3 unspecified atom stereocenters. The first-order chi connectivity index (χ1) is 16.0. The highest BCUT2D eigenvalue weighted by atomic mass is 32.2. The molecule has 1 heterocycles. The molecule has 172 valence electrons. The molecule has 1 aliphatic rings. The van der Waals surface area contributed by atoms with Crippen LogP contribution in [-0.4, -0.2) is 47.9 Å². The molecule has 1 saturated heterocycles. The molecule has 0 N–H and O–H groups in total. The zero-order valence-electron chi connectivity index (χ0n) is 18.9. The fourth-order valence-electron chi connectivity index (χ4n) is 3.96. The van der Waals surface area contributed by atoms with Gasteiger partial charge >= 0.3 is 0 Å². The van der Waals surface area contributed by atoms with Crippen LogP contribution >= 0.6 is 21.0 Å². The fourth-order valence-corrected chi connectivity index (χ4v) is 5.55. The van der Waals surface area contributed by atoms with Crippen molar-refractivity contribution >= 4 is 26.9 Å². The summed E-state index contributed by atoms with van der Waals surface area (Å²) in [5.41, 5.74) is 3.05. The van der Waals surface area contributed by atoms with Crippen molar-refractivity contribution < 1.29 is 14.3 Å². The standard InChI is InChI=1S/C25H28N3O3PS/c1-17(33-16-32)23(15-27)25(29)28-9-7-20(8-10-28)31-21-12-18(14-26)11-19(13-21)22-5-3-4-6-24(22)30-2/h3-6,11-13,17,20,23H,7-10,16,32H2,1-2H3. The van der Waals surface area contributed by atoms with Crippen molar-refractivity contribution in [2.24, 2.45) is 5.92 Å². The molecule has 0 radical (unpaired) electrons. The summed E-state index contributed by atoms with van der Waals surface area (Å²) in [5.74, 6) is 0.620. The molecule has 2 aromatic carbocycles. The number of nitrogens with zero attached hydrogens (tertiary/aromatic N) is 3. The molecule has 2 aromatic rings. The van der Waals surface area contributed by atoms with Crippen LogP contribution in [-0.2, 0) is 4.79 Å². The van der Waals surface area contributed by atoms with Gasteiger partial charge in [0.05, 0.1) is 24.8 Å². The minimum atomic E-state index is -0.635. The third-order valence-corrected chi connectivity index (χ3v) is 7.31. The van der Waals surface area contributed by atoms with Crippen molar-refractivity contribution in [1.82, 2.24) is 4.90 Å².